The monoisotopic (exact) mass is 299 g/mol. The average Bonchev–Trinajstić information content (AvgIpc) is 2.51. The van der Waals surface area contributed by atoms with Crippen LogP contribution in [0.5, 0.6) is 0 Å². The first-order chi connectivity index (χ1) is 10.6. The number of nitrogens with zero attached hydrogens (tertiary/aromatic N) is 3. The van der Waals surface area contributed by atoms with Gasteiger partial charge >= 0.3 is 0 Å². The smallest absolute Gasteiger partial charge is 0.123 e. The van der Waals surface area contributed by atoms with Crippen molar-refractivity contribution in [3.63, 3.8) is 0 Å². The Balaban J connectivity index is 2.07. The molecule has 0 saturated carbocycles. The minimum atomic E-state index is -0.118. The molecule has 120 valence electrons. The Morgan fingerprint density at radius 3 is 2.32 bits per heavy atom. The van der Waals surface area contributed by atoms with Crippen molar-refractivity contribution in [3.05, 3.63) is 35.4 Å². The second-order valence-corrected chi connectivity index (χ2v) is 6.73. The Kier molecular flexibility index (Phi) is 5.99. The molecule has 3 nitrogen and oxygen atoms in total. The van der Waals surface area contributed by atoms with Gasteiger partial charge in [-0.15, -0.1) is 0 Å². The van der Waals surface area contributed by atoms with Gasteiger partial charge in [-0.25, -0.2) is 0 Å². The van der Waals surface area contributed by atoms with Crippen molar-refractivity contribution in [3.8, 4) is 6.07 Å². The van der Waals surface area contributed by atoms with Gasteiger partial charge in [0, 0.05) is 25.7 Å². The van der Waals surface area contributed by atoms with Crippen LogP contribution in [-0.2, 0) is 0 Å². The van der Waals surface area contributed by atoms with Crippen molar-refractivity contribution in [2.75, 3.05) is 26.2 Å². The number of nitriles is 1. The van der Waals surface area contributed by atoms with Crippen LogP contribution in [0.4, 0.5) is 0 Å². The van der Waals surface area contributed by atoms with Crippen LogP contribution in [0.15, 0.2) is 24.3 Å². The molecule has 0 radical (unpaired) electrons. The lowest BCUT2D eigenvalue weighted by atomic mass is 9.98. The molecule has 0 N–H and O–H groups in total. The van der Waals surface area contributed by atoms with E-state index in [9.17, 15) is 5.26 Å². The SMILES string of the molecule is CCCN1CCN(C(C#N)c2ccc(C(C)C)cc2)CC1C. The van der Waals surface area contributed by atoms with E-state index >= 15 is 0 Å². The van der Waals surface area contributed by atoms with Crippen LogP contribution in [0.2, 0.25) is 0 Å². The third kappa shape index (κ3) is 3.88. The van der Waals surface area contributed by atoms with Crippen molar-refractivity contribution < 1.29 is 0 Å². The highest BCUT2D eigenvalue weighted by atomic mass is 15.3. The third-order valence-corrected chi connectivity index (χ3v) is 4.71. The first kappa shape index (κ1) is 17.0. The highest BCUT2D eigenvalue weighted by Gasteiger charge is 2.28. The van der Waals surface area contributed by atoms with E-state index in [0.717, 1.165) is 31.7 Å². The van der Waals surface area contributed by atoms with Crippen LogP contribution in [-0.4, -0.2) is 42.0 Å². The van der Waals surface area contributed by atoms with Gasteiger partial charge in [-0.1, -0.05) is 45.0 Å². The maximum atomic E-state index is 9.66. The molecule has 3 heteroatoms. The highest BCUT2D eigenvalue weighted by Crippen LogP contribution is 2.25. The molecule has 2 unspecified atom stereocenters. The predicted molar refractivity (Wildman–Crippen MR) is 91.8 cm³/mol. The lowest BCUT2D eigenvalue weighted by molar-refractivity contribution is 0.0690. The van der Waals surface area contributed by atoms with E-state index < -0.39 is 0 Å². The van der Waals surface area contributed by atoms with Gasteiger partial charge in [-0.3, -0.25) is 9.80 Å². The molecular weight excluding hydrogens is 270 g/mol. The van der Waals surface area contributed by atoms with Crippen molar-refractivity contribution in [2.24, 2.45) is 0 Å². The van der Waals surface area contributed by atoms with Gasteiger partial charge in [0.05, 0.1) is 6.07 Å². The van der Waals surface area contributed by atoms with Crippen LogP contribution in [0.25, 0.3) is 0 Å². The fraction of sp³-hybridized carbons (Fsp3) is 0.632. The highest BCUT2D eigenvalue weighted by molar-refractivity contribution is 5.30. The summed E-state index contributed by atoms with van der Waals surface area (Å²) in [5.74, 6) is 0.534. The van der Waals surface area contributed by atoms with Crippen molar-refractivity contribution >= 4 is 0 Å². The largest absolute Gasteiger partial charge is 0.298 e. The fourth-order valence-electron chi connectivity index (χ4n) is 3.31. The van der Waals surface area contributed by atoms with Crippen molar-refractivity contribution in [1.82, 2.24) is 9.80 Å². The molecule has 1 aliphatic heterocycles. The number of hydrogen-bond donors (Lipinski definition) is 0. The molecule has 1 aromatic carbocycles. The first-order valence-electron chi connectivity index (χ1n) is 8.54. The van der Waals surface area contributed by atoms with Gasteiger partial charge in [0.2, 0.25) is 0 Å². The topological polar surface area (TPSA) is 30.3 Å². The second-order valence-electron chi connectivity index (χ2n) is 6.73. The van der Waals surface area contributed by atoms with E-state index in [4.69, 9.17) is 0 Å². The van der Waals surface area contributed by atoms with Crippen LogP contribution >= 0.6 is 0 Å². The fourth-order valence-corrected chi connectivity index (χ4v) is 3.31. The minimum absolute atomic E-state index is 0.118. The molecule has 0 aromatic heterocycles. The van der Waals surface area contributed by atoms with Crippen molar-refractivity contribution in [1.29, 1.82) is 5.26 Å². The summed E-state index contributed by atoms with van der Waals surface area (Å²) in [5.41, 5.74) is 2.46. The summed E-state index contributed by atoms with van der Waals surface area (Å²) < 4.78 is 0. The van der Waals surface area contributed by atoms with Gasteiger partial charge in [0.15, 0.2) is 0 Å². The summed E-state index contributed by atoms with van der Waals surface area (Å²) in [6.07, 6.45) is 1.20. The number of piperazine rings is 1. The van der Waals surface area contributed by atoms with Crippen LogP contribution < -0.4 is 0 Å². The number of hydrogen-bond acceptors (Lipinski definition) is 3. The quantitative estimate of drug-likeness (QED) is 0.828. The maximum Gasteiger partial charge on any atom is 0.123 e. The van der Waals surface area contributed by atoms with Gasteiger partial charge in [0.25, 0.3) is 0 Å². The minimum Gasteiger partial charge on any atom is -0.298 e. The predicted octanol–water partition coefficient (Wildman–Crippen LogP) is 3.79. The Morgan fingerprint density at radius 2 is 1.82 bits per heavy atom. The second kappa shape index (κ2) is 7.76. The Morgan fingerprint density at radius 1 is 1.18 bits per heavy atom. The third-order valence-electron chi connectivity index (χ3n) is 4.71. The molecule has 1 aromatic rings. The zero-order valence-electron chi connectivity index (χ0n) is 14.4. The Hall–Kier alpha value is -1.37. The number of rotatable bonds is 5. The van der Waals surface area contributed by atoms with Crippen molar-refractivity contribution in [2.45, 2.75) is 52.1 Å². The van der Waals surface area contributed by atoms with E-state index in [-0.39, 0.29) is 6.04 Å². The van der Waals surface area contributed by atoms with Gasteiger partial charge in [-0.05, 0) is 36.9 Å². The van der Waals surface area contributed by atoms with E-state index in [1.807, 2.05) is 0 Å². The Bertz CT molecular complexity index is 500. The maximum absolute atomic E-state index is 9.66. The Labute approximate surface area is 135 Å². The zero-order valence-corrected chi connectivity index (χ0v) is 14.4. The number of benzene rings is 1. The molecule has 22 heavy (non-hydrogen) atoms. The summed E-state index contributed by atoms with van der Waals surface area (Å²) in [6.45, 7) is 13.1. The summed E-state index contributed by atoms with van der Waals surface area (Å²) in [7, 11) is 0. The van der Waals surface area contributed by atoms with Gasteiger partial charge in [0.1, 0.15) is 6.04 Å². The molecule has 0 amide bonds. The van der Waals surface area contributed by atoms with E-state index in [1.165, 1.54) is 12.0 Å². The lowest BCUT2D eigenvalue weighted by Crippen LogP contribution is -2.52. The summed E-state index contributed by atoms with van der Waals surface area (Å²) in [4.78, 5) is 4.87. The van der Waals surface area contributed by atoms with Crippen LogP contribution in [0.1, 0.15) is 57.2 Å². The standard InChI is InChI=1S/C19H29N3/c1-5-10-21-11-12-22(14-16(21)4)19(13-20)18-8-6-17(7-9-18)15(2)3/h6-9,15-16,19H,5,10-12,14H2,1-4H3. The summed E-state index contributed by atoms with van der Waals surface area (Å²) in [6, 6.07) is 11.5. The van der Waals surface area contributed by atoms with Crippen LogP contribution in [0.3, 0.4) is 0 Å². The summed E-state index contributed by atoms with van der Waals surface area (Å²) >= 11 is 0. The molecule has 1 aliphatic rings. The summed E-state index contributed by atoms with van der Waals surface area (Å²) in [5, 5.41) is 9.66. The van der Waals surface area contributed by atoms with E-state index in [1.54, 1.807) is 0 Å². The molecule has 1 heterocycles. The van der Waals surface area contributed by atoms with E-state index in [2.05, 4.69) is 67.8 Å². The molecule has 1 fully saturated rings. The molecule has 0 bridgehead atoms. The van der Waals surface area contributed by atoms with E-state index in [0.29, 0.717) is 12.0 Å². The lowest BCUT2D eigenvalue weighted by Gasteiger charge is -2.41. The molecule has 0 aliphatic carbocycles. The molecule has 2 atom stereocenters. The van der Waals surface area contributed by atoms with Gasteiger partial charge in [-0.2, -0.15) is 5.26 Å². The molecule has 1 saturated heterocycles. The average molecular weight is 299 g/mol. The normalized spacial score (nSPS) is 21.7. The first-order valence-corrected chi connectivity index (χ1v) is 8.54. The molecular formula is C19H29N3. The van der Waals surface area contributed by atoms with Gasteiger partial charge < -0.3 is 0 Å². The zero-order chi connectivity index (χ0) is 16.1. The molecule has 0 spiro atoms. The van der Waals surface area contributed by atoms with Crippen LogP contribution in [0, 0.1) is 11.3 Å². The molecule has 2 rings (SSSR count).